The molecule has 1 heterocycles. The summed E-state index contributed by atoms with van der Waals surface area (Å²) in [5, 5.41) is 5.65. The van der Waals surface area contributed by atoms with E-state index in [9.17, 15) is 0 Å². The Kier molecular flexibility index (Phi) is 3.24. The van der Waals surface area contributed by atoms with Crippen molar-refractivity contribution in [2.24, 2.45) is 0 Å². The van der Waals surface area contributed by atoms with E-state index in [0.29, 0.717) is 6.04 Å². The van der Waals surface area contributed by atoms with Crippen molar-refractivity contribution >= 4 is 11.3 Å². The number of hydrogen-bond acceptors (Lipinski definition) is 2. The van der Waals surface area contributed by atoms with Gasteiger partial charge in [0.2, 0.25) is 0 Å². The van der Waals surface area contributed by atoms with Gasteiger partial charge in [0.05, 0.1) is 0 Å². The van der Waals surface area contributed by atoms with Crippen LogP contribution in [0.3, 0.4) is 0 Å². The van der Waals surface area contributed by atoms with Crippen molar-refractivity contribution in [2.45, 2.75) is 44.6 Å². The van der Waals surface area contributed by atoms with E-state index in [1.165, 1.54) is 25.7 Å². The molecule has 0 aromatic carbocycles. The Morgan fingerprint density at radius 1 is 1.50 bits per heavy atom. The third kappa shape index (κ3) is 1.86. The smallest absolute Gasteiger partial charge is 0.0105 e. The van der Waals surface area contributed by atoms with Gasteiger partial charge in [-0.15, -0.1) is 11.3 Å². The highest BCUT2D eigenvalue weighted by molar-refractivity contribution is 7.10. The molecule has 0 radical (unpaired) electrons. The number of rotatable bonds is 2. The fourth-order valence-corrected chi connectivity index (χ4v) is 3.41. The molecule has 0 fully saturated rings. The summed E-state index contributed by atoms with van der Waals surface area (Å²) in [5.41, 5.74) is 1.62. The molecule has 2 rings (SSSR count). The van der Waals surface area contributed by atoms with Gasteiger partial charge in [-0.2, -0.15) is 0 Å². The minimum atomic E-state index is 0.612. The van der Waals surface area contributed by atoms with Crippen molar-refractivity contribution in [1.29, 1.82) is 0 Å². The van der Waals surface area contributed by atoms with Crippen LogP contribution in [0.25, 0.3) is 0 Å². The van der Waals surface area contributed by atoms with Gasteiger partial charge in [-0.25, -0.2) is 0 Å². The Bertz CT molecular complexity index is 292. The number of thiophene rings is 1. The number of nitrogens with one attached hydrogen (secondary N) is 1. The molecule has 0 saturated heterocycles. The van der Waals surface area contributed by atoms with Crippen LogP contribution in [0.1, 0.15) is 42.5 Å². The third-order valence-electron chi connectivity index (χ3n) is 3.41. The largest absolute Gasteiger partial charge is 0.317 e. The maximum absolute atomic E-state index is 3.40. The Morgan fingerprint density at radius 2 is 2.36 bits per heavy atom. The van der Waals surface area contributed by atoms with Crippen LogP contribution in [0, 0.1) is 0 Å². The summed E-state index contributed by atoms with van der Waals surface area (Å²) in [6, 6.07) is 2.95. The summed E-state index contributed by atoms with van der Waals surface area (Å²) in [7, 11) is 2.07. The van der Waals surface area contributed by atoms with Crippen molar-refractivity contribution in [3.8, 4) is 0 Å². The van der Waals surface area contributed by atoms with Gasteiger partial charge in [0.1, 0.15) is 0 Å². The molecule has 78 valence electrons. The van der Waals surface area contributed by atoms with Crippen LogP contribution in [-0.2, 0) is 6.42 Å². The monoisotopic (exact) mass is 209 g/mol. The molecule has 0 amide bonds. The second kappa shape index (κ2) is 4.45. The van der Waals surface area contributed by atoms with Gasteiger partial charge in [-0.1, -0.05) is 6.42 Å². The molecule has 0 spiro atoms. The molecule has 1 aromatic heterocycles. The first-order valence-electron chi connectivity index (χ1n) is 5.56. The normalized spacial score (nSPS) is 24.0. The average Bonchev–Trinajstić information content (AvgIpc) is 2.57. The molecule has 0 aliphatic heterocycles. The highest BCUT2D eigenvalue weighted by Gasteiger charge is 2.23. The molecule has 0 saturated carbocycles. The first kappa shape index (κ1) is 10.2. The quantitative estimate of drug-likeness (QED) is 0.738. The lowest BCUT2D eigenvalue weighted by Crippen LogP contribution is -2.28. The Labute approximate surface area is 90.5 Å². The van der Waals surface area contributed by atoms with Crippen molar-refractivity contribution in [3.05, 3.63) is 21.9 Å². The molecule has 0 bridgehead atoms. The molecule has 1 aliphatic carbocycles. The second-order valence-electron chi connectivity index (χ2n) is 4.23. The summed E-state index contributed by atoms with van der Waals surface area (Å²) in [6.45, 7) is 2.30. The molecule has 1 aromatic rings. The van der Waals surface area contributed by atoms with Crippen LogP contribution in [0.5, 0.6) is 0 Å². The Morgan fingerprint density at radius 3 is 3.14 bits per heavy atom. The number of hydrogen-bond donors (Lipinski definition) is 1. The standard InChI is InChI=1S/C12H19NS/c1-9(13-2)10-5-3-4-6-12-11(10)7-8-14-12/h7-10,13H,3-6H2,1-2H3/t9-,10-/m0/s1. The van der Waals surface area contributed by atoms with E-state index in [4.69, 9.17) is 0 Å². The zero-order valence-electron chi connectivity index (χ0n) is 9.05. The highest BCUT2D eigenvalue weighted by Crippen LogP contribution is 2.35. The van der Waals surface area contributed by atoms with Gasteiger partial charge in [0.15, 0.2) is 0 Å². The maximum atomic E-state index is 3.40. The predicted octanol–water partition coefficient (Wildman–Crippen LogP) is 3.17. The van der Waals surface area contributed by atoms with Crippen molar-refractivity contribution < 1.29 is 0 Å². The van der Waals surface area contributed by atoms with Crippen LogP contribution < -0.4 is 5.32 Å². The molecule has 2 atom stereocenters. The number of fused-ring (bicyclic) bond motifs is 1. The van der Waals surface area contributed by atoms with Crippen molar-refractivity contribution in [1.82, 2.24) is 5.32 Å². The average molecular weight is 209 g/mol. The van der Waals surface area contributed by atoms with E-state index in [1.54, 1.807) is 10.4 Å². The zero-order valence-corrected chi connectivity index (χ0v) is 9.86. The lowest BCUT2D eigenvalue weighted by molar-refractivity contribution is 0.462. The summed E-state index contributed by atoms with van der Waals surface area (Å²) >= 11 is 1.94. The molecule has 1 N–H and O–H groups in total. The highest BCUT2D eigenvalue weighted by atomic mass is 32.1. The van der Waals surface area contributed by atoms with Crippen LogP contribution in [0.15, 0.2) is 11.4 Å². The van der Waals surface area contributed by atoms with Crippen LogP contribution in [-0.4, -0.2) is 13.1 Å². The second-order valence-corrected chi connectivity index (χ2v) is 5.23. The lowest BCUT2D eigenvalue weighted by Gasteiger charge is -2.22. The van der Waals surface area contributed by atoms with E-state index in [-0.39, 0.29) is 0 Å². The fraction of sp³-hybridized carbons (Fsp3) is 0.667. The first-order valence-corrected chi connectivity index (χ1v) is 6.44. The van der Waals surface area contributed by atoms with Crippen molar-refractivity contribution in [2.75, 3.05) is 7.05 Å². The van der Waals surface area contributed by atoms with Gasteiger partial charge >= 0.3 is 0 Å². The molecule has 1 nitrogen and oxygen atoms in total. The molecule has 1 aliphatic rings. The molecular weight excluding hydrogens is 190 g/mol. The van der Waals surface area contributed by atoms with E-state index in [1.807, 2.05) is 11.3 Å². The molecule has 2 heteroatoms. The molecule has 0 unspecified atom stereocenters. The van der Waals surface area contributed by atoms with Gasteiger partial charge in [0, 0.05) is 16.8 Å². The predicted molar refractivity (Wildman–Crippen MR) is 63.1 cm³/mol. The number of aryl methyl sites for hydroxylation is 1. The topological polar surface area (TPSA) is 12.0 Å². The third-order valence-corrected chi connectivity index (χ3v) is 4.40. The Balaban J connectivity index is 2.26. The van der Waals surface area contributed by atoms with E-state index in [0.717, 1.165) is 5.92 Å². The minimum Gasteiger partial charge on any atom is -0.317 e. The summed E-state index contributed by atoms with van der Waals surface area (Å²) in [6.07, 6.45) is 5.42. The van der Waals surface area contributed by atoms with E-state index >= 15 is 0 Å². The van der Waals surface area contributed by atoms with E-state index < -0.39 is 0 Å². The van der Waals surface area contributed by atoms with Gasteiger partial charge < -0.3 is 5.32 Å². The minimum absolute atomic E-state index is 0.612. The van der Waals surface area contributed by atoms with Crippen LogP contribution in [0.2, 0.25) is 0 Å². The molecular formula is C12H19NS. The lowest BCUT2D eigenvalue weighted by atomic mass is 9.90. The molecule has 14 heavy (non-hydrogen) atoms. The Hall–Kier alpha value is -0.340. The van der Waals surface area contributed by atoms with Gasteiger partial charge in [0.25, 0.3) is 0 Å². The van der Waals surface area contributed by atoms with Gasteiger partial charge in [-0.05, 0) is 50.2 Å². The SMILES string of the molecule is CN[C@@H](C)[C@@H]1CCCCc2sccc21. The van der Waals surface area contributed by atoms with Crippen LogP contribution in [0.4, 0.5) is 0 Å². The summed E-state index contributed by atoms with van der Waals surface area (Å²) < 4.78 is 0. The summed E-state index contributed by atoms with van der Waals surface area (Å²) in [5.74, 6) is 0.740. The van der Waals surface area contributed by atoms with E-state index in [2.05, 4.69) is 30.7 Å². The van der Waals surface area contributed by atoms with Gasteiger partial charge in [-0.3, -0.25) is 0 Å². The zero-order chi connectivity index (χ0) is 9.97. The number of likely N-dealkylation sites (N-methyl/N-ethyl adjacent to an activating group) is 1. The fourth-order valence-electron chi connectivity index (χ4n) is 2.41. The first-order chi connectivity index (χ1) is 6.83. The summed E-state index contributed by atoms with van der Waals surface area (Å²) in [4.78, 5) is 1.63. The van der Waals surface area contributed by atoms with Crippen LogP contribution >= 0.6 is 11.3 Å². The maximum Gasteiger partial charge on any atom is 0.0105 e. The van der Waals surface area contributed by atoms with Crippen molar-refractivity contribution in [3.63, 3.8) is 0 Å².